The normalized spacial score (nSPS) is 11.3. The maximum Gasteiger partial charge on any atom is 0.144 e. The molecule has 1 heterocycles. The van der Waals surface area contributed by atoms with Crippen LogP contribution in [-0.4, -0.2) is 0 Å². The van der Waals surface area contributed by atoms with Gasteiger partial charge in [0, 0.05) is 38.4 Å². The Hall–Kier alpha value is -6.38. The molecule has 0 N–H and O–H groups in total. The van der Waals surface area contributed by atoms with E-state index in [1.807, 2.05) is 6.07 Å². The molecule has 9 aromatic rings. The molecule has 0 radical (unpaired) electrons. The van der Waals surface area contributed by atoms with Crippen LogP contribution in [0.25, 0.3) is 66.1 Å². The third-order valence-corrected chi connectivity index (χ3v) is 9.26. The van der Waals surface area contributed by atoms with Crippen LogP contribution in [0.4, 0.5) is 17.1 Å². The number of hydrogen-bond donors (Lipinski definition) is 0. The van der Waals surface area contributed by atoms with Gasteiger partial charge in [0.1, 0.15) is 11.2 Å². The Morgan fingerprint density at radius 2 is 0.896 bits per heavy atom. The third kappa shape index (κ3) is 4.66. The van der Waals surface area contributed by atoms with Gasteiger partial charge in [-0.2, -0.15) is 0 Å². The van der Waals surface area contributed by atoms with E-state index in [1.54, 1.807) is 0 Å². The Morgan fingerprint density at radius 3 is 1.60 bits per heavy atom. The van der Waals surface area contributed by atoms with E-state index in [4.69, 9.17) is 4.42 Å². The summed E-state index contributed by atoms with van der Waals surface area (Å²) in [5, 5.41) is 4.43. The van der Waals surface area contributed by atoms with Crippen molar-refractivity contribution in [2.45, 2.75) is 0 Å². The third-order valence-electron chi connectivity index (χ3n) is 9.26. The summed E-state index contributed by atoms with van der Waals surface area (Å²) in [5.41, 5.74) is 12.1. The predicted molar refractivity (Wildman–Crippen MR) is 202 cm³/mol. The number of anilines is 3. The number of furan rings is 1. The second kappa shape index (κ2) is 11.8. The lowest BCUT2D eigenvalue weighted by Crippen LogP contribution is -2.13. The maximum atomic E-state index is 6.71. The highest BCUT2D eigenvalue weighted by atomic mass is 16.3. The molecular weight excluding hydrogens is 583 g/mol. The first-order valence-corrected chi connectivity index (χ1v) is 16.4. The average molecular weight is 614 g/mol. The van der Waals surface area contributed by atoms with Crippen molar-refractivity contribution in [3.8, 4) is 33.4 Å². The standard InChI is InChI=1S/C46H31NO/c1-4-16-32(17-5-1)33-28-30-36(31-29-33)47(41-26-14-12-22-37(41)34-18-6-2-7-19-34)45-38-23-10-11-24-39(38)46-44(40-25-13-15-27-42(40)48-46)43(45)35-20-8-3-9-21-35/h1-31H. The minimum atomic E-state index is 0.885. The smallest absolute Gasteiger partial charge is 0.144 e. The molecule has 2 nitrogen and oxygen atoms in total. The van der Waals surface area contributed by atoms with E-state index in [9.17, 15) is 0 Å². The molecule has 0 aliphatic rings. The fourth-order valence-electron chi connectivity index (χ4n) is 7.09. The zero-order valence-corrected chi connectivity index (χ0v) is 26.3. The first-order valence-electron chi connectivity index (χ1n) is 16.4. The zero-order valence-electron chi connectivity index (χ0n) is 26.3. The SMILES string of the molecule is c1ccc(-c2ccc(N(c3ccccc3-c3ccccc3)c3c(-c4ccccc4)c4c5ccccc5oc4c4ccccc34)cc2)cc1. The topological polar surface area (TPSA) is 16.4 Å². The van der Waals surface area contributed by atoms with Crippen LogP contribution in [-0.2, 0) is 0 Å². The van der Waals surface area contributed by atoms with Crippen molar-refractivity contribution in [3.05, 3.63) is 188 Å². The van der Waals surface area contributed by atoms with Crippen LogP contribution in [0.3, 0.4) is 0 Å². The molecule has 0 atom stereocenters. The van der Waals surface area contributed by atoms with Crippen molar-refractivity contribution in [1.82, 2.24) is 0 Å². The molecule has 0 amide bonds. The Morgan fingerprint density at radius 1 is 0.375 bits per heavy atom. The number of hydrogen-bond acceptors (Lipinski definition) is 2. The molecule has 8 aromatic carbocycles. The van der Waals surface area contributed by atoms with Gasteiger partial charge in [-0.1, -0.05) is 164 Å². The number of fused-ring (bicyclic) bond motifs is 5. The average Bonchev–Trinajstić information content (AvgIpc) is 3.56. The Bertz CT molecular complexity index is 2530. The van der Waals surface area contributed by atoms with E-state index >= 15 is 0 Å². The second-order valence-electron chi connectivity index (χ2n) is 12.1. The highest BCUT2D eigenvalue weighted by Gasteiger charge is 2.27. The molecule has 1 aromatic heterocycles. The summed E-state index contributed by atoms with van der Waals surface area (Å²) < 4.78 is 6.71. The lowest BCUT2D eigenvalue weighted by molar-refractivity contribution is 0.673. The van der Waals surface area contributed by atoms with E-state index < -0.39 is 0 Å². The van der Waals surface area contributed by atoms with Crippen LogP contribution in [0, 0.1) is 0 Å². The quantitative estimate of drug-likeness (QED) is 0.185. The van der Waals surface area contributed by atoms with E-state index in [2.05, 4.69) is 187 Å². The lowest BCUT2D eigenvalue weighted by Gasteiger charge is -2.31. The molecule has 0 saturated carbocycles. The zero-order chi connectivity index (χ0) is 31.9. The molecule has 9 rings (SSSR count). The van der Waals surface area contributed by atoms with E-state index in [1.165, 1.54) is 16.7 Å². The van der Waals surface area contributed by atoms with Crippen LogP contribution < -0.4 is 4.90 Å². The van der Waals surface area contributed by atoms with Gasteiger partial charge in [0.25, 0.3) is 0 Å². The molecule has 0 fully saturated rings. The monoisotopic (exact) mass is 613 g/mol. The molecular formula is C46H31NO. The summed E-state index contributed by atoms with van der Waals surface area (Å²) in [7, 11) is 0. The van der Waals surface area contributed by atoms with Gasteiger partial charge in [-0.3, -0.25) is 0 Å². The van der Waals surface area contributed by atoms with E-state index in [0.29, 0.717) is 0 Å². The molecule has 226 valence electrons. The fourth-order valence-corrected chi connectivity index (χ4v) is 7.09. The molecule has 0 unspecified atom stereocenters. The highest BCUT2D eigenvalue weighted by molar-refractivity contribution is 6.27. The van der Waals surface area contributed by atoms with Gasteiger partial charge in [0.05, 0.1) is 11.4 Å². The minimum Gasteiger partial charge on any atom is -0.455 e. The first-order chi connectivity index (χ1) is 23.8. The molecule has 0 saturated heterocycles. The largest absolute Gasteiger partial charge is 0.455 e. The number of nitrogens with zero attached hydrogens (tertiary/aromatic N) is 1. The van der Waals surface area contributed by atoms with Gasteiger partial charge >= 0.3 is 0 Å². The molecule has 0 bridgehead atoms. The van der Waals surface area contributed by atoms with E-state index in [0.717, 1.165) is 66.5 Å². The highest BCUT2D eigenvalue weighted by Crippen LogP contribution is 2.53. The summed E-state index contributed by atoms with van der Waals surface area (Å²) in [5.74, 6) is 0. The van der Waals surface area contributed by atoms with Gasteiger partial charge in [-0.25, -0.2) is 0 Å². The molecule has 0 aliphatic heterocycles. The van der Waals surface area contributed by atoms with Crippen molar-refractivity contribution in [1.29, 1.82) is 0 Å². The summed E-state index contributed by atoms with van der Waals surface area (Å²) in [6, 6.07) is 66.8. The molecule has 0 aliphatic carbocycles. The van der Waals surface area contributed by atoms with Crippen LogP contribution in [0.1, 0.15) is 0 Å². The van der Waals surface area contributed by atoms with Crippen LogP contribution in [0.5, 0.6) is 0 Å². The minimum absolute atomic E-state index is 0.885. The predicted octanol–water partition coefficient (Wildman–Crippen LogP) is 13.2. The summed E-state index contributed by atoms with van der Waals surface area (Å²) in [6.45, 7) is 0. The van der Waals surface area contributed by atoms with Crippen molar-refractivity contribution >= 4 is 49.8 Å². The van der Waals surface area contributed by atoms with Crippen molar-refractivity contribution in [2.75, 3.05) is 4.90 Å². The lowest BCUT2D eigenvalue weighted by atomic mass is 9.91. The van der Waals surface area contributed by atoms with Crippen molar-refractivity contribution < 1.29 is 4.42 Å². The van der Waals surface area contributed by atoms with Gasteiger partial charge in [-0.15, -0.1) is 0 Å². The maximum absolute atomic E-state index is 6.71. The summed E-state index contributed by atoms with van der Waals surface area (Å²) in [6.07, 6.45) is 0. The number of benzene rings is 8. The van der Waals surface area contributed by atoms with Gasteiger partial charge < -0.3 is 9.32 Å². The number of rotatable bonds is 6. The van der Waals surface area contributed by atoms with Gasteiger partial charge in [0.2, 0.25) is 0 Å². The Kier molecular flexibility index (Phi) is 6.84. The van der Waals surface area contributed by atoms with E-state index in [-0.39, 0.29) is 0 Å². The summed E-state index contributed by atoms with van der Waals surface area (Å²) in [4.78, 5) is 2.46. The van der Waals surface area contributed by atoms with Gasteiger partial charge in [0.15, 0.2) is 0 Å². The van der Waals surface area contributed by atoms with Crippen molar-refractivity contribution in [2.24, 2.45) is 0 Å². The fraction of sp³-hybridized carbons (Fsp3) is 0. The Labute approximate surface area is 279 Å². The summed E-state index contributed by atoms with van der Waals surface area (Å²) >= 11 is 0. The van der Waals surface area contributed by atoms with Crippen LogP contribution in [0.2, 0.25) is 0 Å². The first kappa shape index (κ1) is 27.9. The molecule has 0 spiro atoms. The van der Waals surface area contributed by atoms with Crippen LogP contribution >= 0.6 is 0 Å². The second-order valence-corrected chi connectivity index (χ2v) is 12.1. The molecule has 48 heavy (non-hydrogen) atoms. The Balaban J connectivity index is 1.44. The number of para-hydroxylation sites is 2. The van der Waals surface area contributed by atoms with Crippen LogP contribution in [0.15, 0.2) is 192 Å². The van der Waals surface area contributed by atoms with Crippen molar-refractivity contribution in [3.63, 3.8) is 0 Å². The van der Waals surface area contributed by atoms with Gasteiger partial charge in [-0.05, 0) is 46.5 Å². The molecule has 2 heteroatoms.